The highest BCUT2D eigenvalue weighted by Crippen LogP contribution is 2.15. The van der Waals surface area contributed by atoms with Crippen molar-refractivity contribution in [2.45, 2.75) is 0 Å². The SMILES string of the molecule is CNC(=O)C1CN(C(=O)c2ccncc2)CCN(S(C)(=O)=O)C1. The standard InChI is InChI=1S/C14H20N4O4S/c1-15-13(19)12-9-17(7-8-18(10-12)23(2,21)22)14(20)11-3-5-16-6-4-11/h3-6,12H,7-10H2,1-2H3,(H,15,19). The molecule has 1 atom stereocenters. The number of carbonyl (C=O) groups is 2. The number of carbonyl (C=O) groups excluding carboxylic acids is 2. The Bertz CT molecular complexity index is 677. The number of aromatic nitrogens is 1. The highest BCUT2D eigenvalue weighted by Gasteiger charge is 2.33. The first kappa shape index (κ1) is 17.4. The number of pyridine rings is 1. The van der Waals surface area contributed by atoms with Gasteiger partial charge in [-0.3, -0.25) is 14.6 Å². The summed E-state index contributed by atoms with van der Waals surface area (Å²) in [6.45, 7) is 0.649. The summed E-state index contributed by atoms with van der Waals surface area (Å²) in [5, 5.41) is 2.53. The van der Waals surface area contributed by atoms with Crippen LogP contribution in [0.3, 0.4) is 0 Å². The highest BCUT2D eigenvalue weighted by molar-refractivity contribution is 7.88. The van der Waals surface area contributed by atoms with Crippen LogP contribution in [0.4, 0.5) is 0 Å². The van der Waals surface area contributed by atoms with Crippen molar-refractivity contribution in [2.24, 2.45) is 5.92 Å². The van der Waals surface area contributed by atoms with Crippen LogP contribution in [0, 0.1) is 5.92 Å². The van der Waals surface area contributed by atoms with Gasteiger partial charge in [-0.1, -0.05) is 0 Å². The van der Waals surface area contributed by atoms with Crippen LogP contribution < -0.4 is 5.32 Å². The van der Waals surface area contributed by atoms with Gasteiger partial charge in [0.05, 0.1) is 12.2 Å². The first-order valence-electron chi connectivity index (χ1n) is 7.19. The molecule has 0 spiro atoms. The normalized spacial score (nSPS) is 19.9. The Hall–Kier alpha value is -2.00. The van der Waals surface area contributed by atoms with Gasteiger partial charge in [-0.05, 0) is 12.1 Å². The smallest absolute Gasteiger partial charge is 0.254 e. The lowest BCUT2D eigenvalue weighted by atomic mass is 10.1. The van der Waals surface area contributed by atoms with Crippen molar-refractivity contribution in [1.82, 2.24) is 19.5 Å². The molecular weight excluding hydrogens is 320 g/mol. The van der Waals surface area contributed by atoms with Crippen molar-refractivity contribution >= 4 is 21.8 Å². The van der Waals surface area contributed by atoms with Gasteiger partial charge in [-0.2, -0.15) is 4.31 Å². The predicted molar refractivity (Wildman–Crippen MR) is 84.1 cm³/mol. The number of hydrogen-bond donors (Lipinski definition) is 1. The van der Waals surface area contributed by atoms with Gasteiger partial charge in [0.2, 0.25) is 15.9 Å². The van der Waals surface area contributed by atoms with E-state index < -0.39 is 15.9 Å². The molecule has 2 rings (SSSR count). The lowest BCUT2D eigenvalue weighted by Crippen LogP contribution is -2.42. The van der Waals surface area contributed by atoms with E-state index in [0.29, 0.717) is 5.56 Å². The van der Waals surface area contributed by atoms with Crippen molar-refractivity contribution in [1.29, 1.82) is 0 Å². The molecule has 0 saturated carbocycles. The zero-order chi connectivity index (χ0) is 17.0. The van der Waals surface area contributed by atoms with Gasteiger partial charge < -0.3 is 10.2 Å². The van der Waals surface area contributed by atoms with Crippen LogP contribution in [-0.4, -0.2) is 73.9 Å². The van der Waals surface area contributed by atoms with E-state index in [1.165, 1.54) is 28.6 Å². The highest BCUT2D eigenvalue weighted by atomic mass is 32.2. The maximum atomic E-state index is 12.6. The minimum Gasteiger partial charge on any atom is -0.359 e. The Kier molecular flexibility index (Phi) is 5.32. The maximum Gasteiger partial charge on any atom is 0.254 e. The van der Waals surface area contributed by atoms with E-state index in [4.69, 9.17) is 0 Å². The molecule has 23 heavy (non-hydrogen) atoms. The van der Waals surface area contributed by atoms with E-state index >= 15 is 0 Å². The van der Waals surface area contributed by atoms with Gasteiger partial charge in [0.1, 0.15) is 0 Å². The lowest BCUT2D eigenvalue weighted by Gasteiger charge is -2.23. The molecule has 1 aliphatic rings. The molecule has 126 valence electrons. The van der Waals surface area contributed by atoms with Crippen LogP contribution >= 0.6 is 0 Å². The van der Waals surface area contributed by atoms with Gasteiger partial charge in [-0.15, -0.1) is 0 Å². The lowest BCUT2D eigenvalue weighted by molar-refractivity contribution is -0.124. The first-order chi connectivity index (χ1) is 10.8. The summed E-state index contributed by atoms with van der Waals surface area (Å²) in [7, 11) is -1.94. The van der Waals surface area contributed by atoms with Gasteiger partial charge in [0, 0.05) is 51.2 Å². The molecule has 0 aromatic carbocycles. The summed E-state index contributed by atoms with van der Waals surface area (Å²) < 4.78 is 24.9. The van der Waals surface area contributed by atoms with E-state index in [-0.39, 0.29) is 38.0 Å². The number of sulfonamides is 1. The number of amides is 2. The monoisotopic (exact) mass is 340 g/mol. The average Bonchev–Trinajstić information content (AvgIpc) is 2.77. The topological polar surface area (TPSA) is 99.7 Å². The largest absolute Gasteiger partial charge is 0.359 e. The second-order valence-corrected chi connectivity index (χ2v) is 7.40. The fraction of sp³-hybridized carbons (Fsp3) is 0.500. The zero-order valence-electron chi connectivity index (χ0n) is 13.1. The fourth-order valence-electron chi connectivity index (χ4n) is 2.52. The molecule has 1 unspecified atom stereocenters. The molecule has 1 aromatic heterocycles. The second-order valence-electron chi connectivity index (χ2n) is 5.42. The molecule has 0 aliphatic carbocycles. The van der Waals surface area contributed by atoms with Crippen molar-refractivity contribution in [3.05, 3.63) is 30.1 Å². The predicted octanol–water partition coefficient (Wildman–Crippen LogP) is -0.839. The summed E-state index contributed by atoms with van der Waals surface area (Å²) >= 11 is 0. The van der Waals surface area contributed by atoms with Gasteiger partial charge >= 0.3 is 0 Å². The number of nitrogens with zero attached hydrogens (tertiary/aromatic N) is 3. The maximum absolute atomic E-state index is 12.6. The summed E-state index contributed by atoms with van der Waals surface area (Å²) in [4.78, 5) is 30.0. The number of nitrogens with one attached hydrogen (secondary N) is 1. The molecule has 0 bridgehead atoms. The molecule has 1 aliphatic heterocycles. The molecule has 1 fully saturated rings. The Balaban J connectivity index is 2.25. The molecule has 0 radical (unpaired) electrons. The van der Waals surface area contributed by atoms with E-state index in [0.717, 1.165) is 6.26 Å². The van der Waals surface area contributed by atoms with Gasteiger partial charge in [-0.25, -0.2) is 8.42 Å². The molecule has 8 nitrogen and oxygen atoms in total. The van der Waals surface area contributed by atoms with E-state index in [2.05, 4.69) is 10.3 Å². The number of rotatable bonds is 3. The molecule has 2 amide bonds. The quantitative estimate of drug-likeness (QED) is 0.773. The molecule has 1 saturated heterocycles. The Morgan fingerprint density at radius 3 is 2.43 bits per heavy atom. The minimum absolute atomic E-state index is 0.0681. The van der Waals surface area contributed by atoms with Gasteiger partial charge in [0.15, 0.2) is 0 Å². The van der Waals surface area contributed by atoms with E-state index in [1.807, 2.05) is 0 Å². The molecule has 1 N–H and O–H groups in total. The van der Waals surface area contributed by atoms with Crippen molar-refractivity contribution in [3.8, 4) is 0 Å². The summed E-state index contributed by atoms with van der Waals surface area (Å²) in [5.41, 5.74) is 0.462. The Morgan fingerprint density at radius 1 is 1.22 bits per heavy atom. The molecule has 9 heteroatoms. The Labute approximate surface area is 135 Å². The number of hydrogen-bond acceptors (Lipinski definition) is 5. The Morgan fingerprint density at radius 2 is 1.87 bits per heavy atom. The minimum atomic E-state index is -3.43. The third kappa shape index (κ3) is 4.26. The zero-order valence-corrected chi connectivity index (χ0v) is 13.9. The van der Waals surface area contributed by atoms with Crippen LogP contribution in [0.25, 0.3) is 0 Å². The van der Waals surface area contributed by atoms with Crippen LogP contribution in [0.1, 0.15) is 10.4 Å². The summed E-state index contributed by atoms with van der Waals surface area (Å²) in [5.74, 6) is -1.13. The summed E-state index contributed by atoms with van der Waals surface area (Å²) in [6, 6.07) is 3.19. The van der Waals surface area contributed by atoms with E-state index in [1.54, 1.807) is 12.1 Å². The molecular formula is C14H20N4O4S. The van der Waals surface area contributed by atoms with Crippen LogP contribution in [0.5, 0.6) is 0 Å². The fourth-order valence-corrected chi connectivity index (χ4v) is 3.38. The summed E-state index contributed by atoms with van der Waals surface area (Å²) in [6.07, 6.45) is 4.14. The van der Waals surface area contributed by atoms with Crippen molar-refractivity contribution in [2.75, 3.05) is 39.5 Å². The van der Waals surface area contributed by atoms with Crippen molar-refractivity contribution in [3.63, 3.8) is 0 Å². The van der Waals surface area contributed by atoms with Crippen LogP contribution in [0.2, 0.25) is 0 Å². The third-order valence-electron chi connectivity index (χ3n) is 3.78. The second kappa shape index (κ2) is 7.05. The molecule has 2 heterocycles. The van der Waals surface area contributed by atoms with Crippen LogP contribution in [-0.2, 0) is 14.8 Å². The van der Waals surface area contributed by atoms with Crippen molar-refractivity contribution < 1.29 is 18.0 Å². The molecule has 1 aromatic rings. The third-order valence-corrected chi connectivity index (χ3v) is 5.05. The van der Waals surface area contributed by atoms with Crippen LogP contribution in [0.15, 0.2) is 24.5 Å². The first-order valence-corrected chi connectivity index (χ1v) is 9.03. The van der Waals surface area contributed by atoms with E-state index in [9.17, 15) is 18.0 Å². The van der Waals surface area contributed by atoms with Gasteiger partial charge in [0.25, 0.3) is 5.91 Å². The average molecular weight is 340 g/mol.